The number of halogens is 1. The van der Waals surface area contributed by atoms with E-state index in [1.54, 1.807) is 6.92 Å². The Kier molecular flexibility index (Phi) is 3.63. The van der Waals surface area contributed by atoms with Crippen molar-refractivity contribution >= 4 is 10.2 Å². The maximum absolute atomic E-state index is 12.3. The topological polar surface area (TPSA) is 34.1 Å². The van der Waals surface area contributed by atoms with Gasteiger partial charge in [0.2, 0.25) is 0 Å². The third-order valence-corrected chi connectivity index (χ3v) is 2.88. The van der Waals surface area contributed by atoms with E-state index in [9.17, 15) is 12.3 Å². The van der Waals surface area contributed by atoms with Gasteiger partial charge >= 0.3 is 10.2 Å². The van der Waals surface area contributed by atoms with E-state index in [1.165, 1.54) is 0 Å². The van der Waals surface area contributed by atoms with Gasteiger partial charge in [0, 0.05) is 0 Å². The van der Waals surface area contributed by atoms with Crippen molar-refractivity contribution in [1.29, 1.82) is 0 Å². The number of rotatable bonds is 4. The fraction of sp³-hybridized carbons (Fsp3) is 0.400. The van der Waals surface area contributed by atoms with Crippen LogP contribution in [0, 0.1) is 5.92 Å². The molecule has 4 heteroatoms. The molecule has 1 atom stereocenters. The van der Waals surface area contributed by atoms with Crippen LogP contribution >= 0.6 is 0 Å². The van der Waals surface area contributed by atoms with Gasteiger partial charge in [0.15, 0.2) is 0 Å². The molecular weight excluding hydrogens is 203 g/mol. The summed E-state index contributed by atoms with van der Waals surface area (Å²) < 4.78 is 33.0. The van der Waals surface area contributed by atoms with Crippen molar-refractivity contribution in [2.24, 2.45) is 5.92 Å². The normalized spacial score (nSPS) is 13.9. The molecule has 0 heterocycles. The average Bonchev–Trinajstić information content (AvgIpc) is 2.02. The summed E-state index contributed by atoms with van der Waals surface area (Å²) in [6.07, 6.45) is 0.587. The lowest BCUT2D eigenvalue weighted by Gasteiger charge is -2.07. The van der Waals surface area contributed by atoms with E-state index in [4.69, 9.17) is 0 Å². The molecule has 0 bridgehead atoms. The molecule has 0 spiro atoms. The van der Waals surface area contributed by atoms with E-state index in [2.05, 4.69) is 0 Å². The van der Waals surface area contributed by atoms with Gasteiger partial charge in [-0.25, -0.2) is 0 Å². The van der Waals surface area contributed by atoms with Crippen LogP contribution in [0.2, 0.25) is 0 Å². The highest BCUT2D eigenvalue weighted by atomic mass is 32.3. The second-order valence-electron chi connectivity index (χ2n) is 3.50. The minimum Gasteiger partial charge on any atom is -0.195 e. The molecule has 14 heavy (non-hydrogen) atoms. The van der Waals surface area contributed by atoms with Crippen molar-refractivity contribution < 1.29 is 12.3 Å². The van der Waals surface area contributed by atoms with E-state index in [0.717, 1.165) is 5.56 Å². The minimum absolute atomic E-state index is 0.188. The summed E-state index contributed by atoms with van der Waals surface area (Å²) in [4.78, 5) is 0. The summed E-state index contributed by atoms with van der Waals surface area (Å²) in [6.45, 7) is 1.73. The van der Waals surface area contributed by atoms with E-state index in [-0.39, 0.29) is 5.92 Å². The Morgan fingerprint density at radius 3 is 2.36 bits per heavy atom. The molecule has 0 amide bonds. The van der Waals surface area contributed by atoms with Gasteiger partial charge < -0.3 is 0 Å². The SMILES string of the molecule is CC(Cc1ccccc1)CS(=O)(=O)F. The van der Waals surface area contributed by atoms with E-state index in [0.29, 0.717) is 6.42 Å². The maximum atomic E-state index is 12.3. The summed E-state index contributed by atoms with van der Waals surface area (Å²) >= 11 is 0. The molecule has 0 aliphatic carbocycles. The Morgan fingerprint density at radius 1 is 1.29 bits per heavy atom. The van der Waals surface area contributed by atoms with Gasteiger partial charge in [0.05, 0.1) is 5.75 Å². The molecule has 0 aromatic heterocycles. The molecule has 0 aliphatic rings. The summed E-state index contributed by atoms with van der Waals surface area (Å²) in [5, 5.41) is 0. The highest BCUT2D eigenvalue weighted by Crippen LogP contribution is 2.10. The molecule has 0 fully saturated rings. The molecule has 0 N–H and O–H groups in total. The average molecular weight is 216 g/mol. The standard InChI is InChI=1S/C10H13FO2S/c1-9(8-14(11,12)13)7-10-5-3-2-4-6-10/h2-6,9H,7-8H2,1H3. The van der Waals surface area contributed by atoms with Gasteiger partial charge in [0.25, 0.3) is 0 Å². The predicted octanol–water partition coefficient (Wildman–Crippen LogP) is 2.16. The summed E-state index contributed by atoms with van der Waals surface area (Å²) in [6, 6.07) is 9.46. The van der Waals surface area contributed by atoms with Crippen molar-refractivity contribution in [2.45, 2.75) is 13.3 Å². The fourth-order valence-electron chi connectivity index (χ4n) is 1.42. The molecule has 0 saturated heterocycles. The quantitative estimate of drug-likeness (QED) is 0.723. The summed E-state index contributed by atoms with van der Waals surface area (Å²) in [7, 11) is -4.34. The van der Waals surface area contributed by atoms with Crippen LogP contribution in [0.25, 0.3) is 0 Å². The van der Waals surface area contributed by atoms with Crippen LogP contribution in [0.5, 0.6) is 0 Å². The van der Waals surface area contributed by atoms with Crippen LogP contribution < -0.4 is 0 Å². The molecule has 0 saturated carbocycles. The summed E-state index contributed by atoms with van der Waals surface area (Å²) in [5.74, 6) is -0.588. The van der Waals surface area contributed by atoms with Crippen molar-refractivity contribution in [1.82, 2.24) is 0 Å². The van der Waals surface area contributed by atoms with Crippen LogP contribution in [-0.4, -0.2) is 14.2 Å². The van der Waals surface area contributed by atoms with E-state index >= 15 is 0 Å². The monoisotopic (exact) mass is 216 g/mol. The largest absolute Gasteiger partial charge is 0.302 e. The predicted molar refractivity (Wildman–Crippen MR) is 54.2 cm³/mol. The molecule has 78 valence electrons. The van der Waals surface area contributed by atoms with Crippen molar-refractivity contribution in [3.63, 3.8) is 0 Å². The minimum atomic E-state index is -4.34. The first kappa shape index (κ1) is 11.2. The molecule has 1 rings (SSSR count). The first-order valence-corrected chi connectivity index (χ1v) is 5.99. The lowest BCUT2D eigenvalue weighted by Crippen LogP contribution is -2.11. The molecule has 1 unspecified atom stereocenters. The van der Waals surface area contributed by atoms with Crippen molar-refractivity contribution in [3.05, 3.63) is 35.9 Å². The lowest BCUT2D eigenvalue weighted by atomic mass is 10.0. The zero-order valence-corrected chi connectivity index (χ0v) is 8.80. The first-order chi connectivity index (χ1) is 6.47. The Morgan fingerprint density at radius 2 is 1.86 bits per heavy atom. The smallest absolute Gasteiger partial charge is 0.195 e. The zero-order valence-electron chi connectivity index (χ0n) is 7.98. The lowest BCUT2D eigenvalue weighted by molar-refractivity contribution is 0.530. The van der Waals surface area contributed by atoms with Gasteiger partial charge in [-0.1, -0.05) is 37.3 Å². The maximum Gasteiger partial charge on any atom is 0.302 e. The van der Waals surface area contributed by atoms with Crippen molar-refractivity contribution in [2.75, 3.05) is 5.75 Å². The molecule has 1 aromatic rings. The third-order valence-electron chi connectivity index (χ3n) is 1.91. The summed E-state index contributed by atoms with van der Waals surface area (Å²) in [5.41, 5.74) is 1.03. The van der Waals surface area contributed by atoms with Gasteiger partial charge in [-0.15, -0.1) is 3.89 Å². The van der Waals surface area contributed by atoms with Crippen molar-refractivity contribution in [3.8, 4) is 0 Å². The highest BCUT2D eigenvalue weighted by Gasteiger charge is 2.14. The van der Waals surface area contributed by atoms with E-state index < -0.39 is 16.0 Å². The third kappa shape index (κ3) is 4.37. The Bertz CT molecular complexity index is 372. The van der Waals surface area contributed by atoms with E-state index in [1.807, 2.05) is 30.3 Å². The van der Waals surface area contributed by atoms with Gasteiger partial charge in [-0.05, 0) is 17.9 Å². The van der Waals surface area contributed by atoms with Gasteiger partial charge in [-0.2, -0.15) is 8.42 Å². The van der Waals surface area contributed by atoms with Gasteiger partial charge in [0.1, 0.15) is 0 Å². The number of hydrogen-bond acceptors (Lipinski definition) is 2. The van der Waals surface area contributed by atoms with Crippen LogP contribution in [0.4, 0.5) is 3.89 Å². The van der Waals surface area contributed by atoms with Crippen LogP contribution in [0.1, 0.15) is 12.5 Å². The van der Waals surface area contributed by atoms with Crippen LogP contribution in [0.15, 0.2) is 30.3 Å². The van der Waals surface area contributed by atoms with Crippen LogP contribution in [-0.2, 0) is 16.6 Å². The fourth-order valence-corrected chi connectivity index (χ4v) is 2.21. The second-order valence-corrected chi connectivity index (χ2v) is 4.91. The Balaban J connectivity index is 2.54. The van der Waals surface area contributed by atoms with Gasteiger partial charge in [-0.3, -0.25) is 0 Å². The molecular formula is C10H13FO2S. The highest BCUT2D eigenvalue weighted by molar-refractivity contribution is 7.86. The molecule has 2 nitrogen and oxygen atoms in total. The Hall–Kier alpha value is -0.900. The zero-order chi connectivity index (χ0) is 10.6. The Labute approximate surface area is 84.0 Å². The number of hydrogen-bond donors (Lipinski definition) is 0. The molecule has 0 aliphatic heterocycles. The molecule has 0 radical (unpaired) electrons. The van der Waals surface area contributed by atoms with Crippen LogP contribution in [0.3, 0.4) is 0 Å². The second kappa shape index (κ2) is 4.55. The molecule has 1 aromatic carbocycles. The number of benzene rings is 1. The first-order valence-electron chi connectivity index (χ1n) is 4.43.